The van der Waals surface area contributed by atoms with Crippen LogP contribution in [0.4, 0.5) is 11.4 Å². The standard InChI is InChI=1S/C19H19N3O4/c1-24-18-11-16(26-12-20)5-2-13(18)3-7-19(23)25-9-8-14-10-15(21)4-6-17(14)22/h2-7,10-11H,8-9,21-22H2,1H3/b7-3+. The van der Waals surface area contributed by atoms with Crippen molar-refractivity contribution in [2.24, 2.45) is 0 Å². The average Bonchev–Trinajstić information content (AvgIpc) is 2.63. The number of esters is 1. The maximum Gasteiger partial charge on any atom is 0.330 e. The normalized spacial score (nSPS) is 10.3. The number of carbonyl (C=O) groups is 1. The van der Waals surface area contributed by atoms with Crippen LogP contribution in [0.25, 0.3) is 6.08 Å². The van der Waals surface area contributed by atoms with Crippen molar-refractivity contribution in [3.8, 4) is 17.8 Å². The topological polar surface area (TPSA) is 121 Å². The van der Waals surface area contributed by atoms with Crippen molar-refractivity contribution >= 4 is 23.4 Å². The lowest BCUT2D eigenvalue weighted by molar-refractivity contribution is -0.137. The second-order valence-corrected chi connectivity index (χ2v) is 5.31. The zero-order chi connectivity index (χ0) is 18.9. The first-order chi connectivity index (χ1) is 12.5. The number of methoxy groups -OCH3 is 1. The van der Waals surface area contributed by atoms with Gasteiger partial charge >= 0.3 is 5.97 Å². The van der Waals surface area contributed by atoms with Crippen molar-refractivity contribution in [3.63, 3.8) is 0 Å². The van der Waals surface area contributed by atoms with Crippen molar-refractivity contribution in [2.45, 2.75) is 6.42 Å². The van der Waals surface area contributed by atoms with E-state index in [-0.39, 0.29) is 6.61 Å². The first kappa shape index (κ1) is 18.7. The molecule has 0 amide bonds. The van der Waals surface area contributed by atoms with Crippen molar-refractivity contribution < 1.29 is 19.0 Å². The van der Waals surface area contributed by atoms with Crippen LogP contribution in [0.2, 0.25) is 0 Å². The van der Waals surface area contributed by atoms with Crippen LogP contribution in [0.3, 0.4) is 0 Å². The van der Waals surface area contributed by atoms with Crippen LogP contribution >= 0.6 is 0 Å². The van der Waals surface area contributed by atoms with Crippen molar-refractivity contribution in [2.75, 3.05) is 25.2 Å². The van der Waals surface area contributed by atoms with Gasteiger partial charge in [0.25, 0.3) is 6.26 Å². The monoisotopic (exact) mass is 353 g/mol. The van der Waals surface area contributed by atoms with Crippen LogP contribution in [-0.2, 0) is 16.0 Å². The number of nitrogen functional groups attached to an aromatic ring is 2. The van der Waals surface area contributed by atoms with Gasteiger partial charge in [0.2, 0.25) is 0 Å². The van der Waals surface area contributed by atoms with Crippen LogP contribution in [0.1, 0.15) is 11.1 Å². The van der Waals surface area contributed by atoms with E-state index in [9.17, 15) is 4.79 Å². The van der Waals surface area contributed by atoms with E-state index in [1.54, 1.807) is 48.7 Å². The van der Waals surface area contributed by atoms with Gasteiger partial charge < -0.3 is 25.7 Å². The first-order valence-corrected chi connectivity index (χ1v) is 7.76. The van der Waals surface area contributed by atoms with E-state index < -0.39 is 5.97 Å². The van der Waals surface area contributed by atoms with Gasteiger partial charge in [-0.05, 0) is 42.0 Å². The molecular formula is C19H19N3O4. The molecule has 0 fully saturated rings. The quantitative estimate of drug-likeness (QED) is 0.339. The number of nitrogens with zero attached hydrogens (tertiary/aromatic N) is 1. The molecule has 0 aliphatic carbocycles. The molecule has 26 heavy (non-hydrogen) atoms. The molecule has 0 aromatic heterocycles. The molecule has 2 aromatic carbocycles. The molecule has 7 nitrogen and oxygen atoms in total. The minimum atomic E-state index is -0.494. The third kappa shape index (κ3) is 5.18. The van der Waals surface area contributed by atoms with Crippen molar-refractivity contribution in [1.82, 2.24) is 0 Å². The van der Waals surface area contributed by atoms with Gasteiger partial charge in [0.1, 0.15) is 11.5 Å². The van der Waals surface area contributed by atoms with Crippen LogP contribution in [0.15, 0.2) is 42.5 Å². The first-order valence-electron chi connectivity index (χ1n) is 7.76. The Morgan fingerprint density at radius 1 is 1.23 bits per heavy atom. The molecule has 7 heteroatoms. The summed E-state index contributed by atoms with van der Waals surface area (Å²) in [6, 6.07) is 10.0. The van der Waals surface area contributed by atoms with Gasteiger partial charge in [0.05, 0.1) is 13.7 Å². The Morgan fingerprint density at radius 3 is 2.77 bits per heavy atom. The maximum absolute atomic E-state index is 11.9. The van der Waals surface area contributed by atoms with E-state index in [1.165, 1.54) is 13.2 Å². The summed E-state index contributed by atoms with van der Waals surface area (Å²) in [6.07, 6.45) is 4.92. The molecule has 0 bridgehead atoms. The second-order valence-electron chi connectivity index (χ2n) is 5.31. The molecule has 0 unspecified atom stereocenters. The van der Waals surface area contributed by atoms with E-state index in [1.807, 2.05) is 0 Å². The molecule has 0 aliphatic rings. The van der Waals surface area contributed by atoms with Crippen molar-refractivity contribution in [3.05, 3.63) is 53.6 Å². The predicted molar refractivity (Wildman–Crippen MR) is 98.2 cm³/mol. The summed E-state index contributed by atoms with van der Waals surface area (Å²) in [4.78, 5) is 11.9. The smallest absolute Gasteiger partial charge is 0.330 e. The summed E-state index contributed by atoms with van der Waals surface area (Å²) in [5.74, 6) is 0.324. The Labute approximate surface area is 151 Å². The van der Waals surface area contributed by atoms with Gasteiger partial charge in [-0.25, -0.2) is 4.79 Å². The number of rotatable bonds is 7. The molecule has 2 rings (SSSR count). The number of hydrogen-bond acceptors (Lipinski definition) is 7. The third-order valence-corrected chi connectivity index (χ3v) is 3.55. The zero-order valence-corrected chi connectivity index (χ0v) is 14.3. The minimum Gasteiger partial charge on any atom is -0.496 e. The third-order valence-electron chi connectivity index (χ3n) is 3.55. The van der Waals surface area contributed by atoms with Crippen LogP contribution < -0.4 is 20.9 Å². The largest absolute Gasteiger partial charge is 0.496 e. The lowest BCUT2D eigenvalue weighted by Gasteiger charge is -2.07. The summed E-state index contributed by atoms with van der Waals surface area (Å²) in [7, 11) is 1.48. The molecule has 0 heterocycles. The van der Waals surface area contributed by atoms with E-state index in [0.717, 1.165) is 5.56 Å². The molecule has 0 aliphatic heterocycles. The molecule has 4 N–H and O–H groups in total. The van der Waals surface area contributed by atoms with Crippen LogP contribution in [-0.4, -0.2) is 19.7 Å². The predicted octanol–water partition coefficient (Wildman–Crippen LogP) is 2.52. The maximum atomic E-state index is 11.9. The summed E-state index contributed by atoms with van der Waals surface area (Å²) in [6.45, 7) is 0.183. The number of benzene rings is 2. The van der Waals surface area contributed by atoms with Crippen LogP contribution in [0.5, 0.6) is 11.5 Å². The Kier molecular flexibility index (Phi) is 6.46. The molecule has 0 atom stereocenters. The van der Waals surface area contributed by atoms with E-state index >= 15 is 0 Å². The number of anilines is 2. The number of nitrogens with two attached hydrogens (primary N) is 2. The summed E-state index contributed by atoms with van der Waals surface area (Å²) in [5, 5.41) is 8.52. The second kappa shape index (κ2) is 8.99. The fourth-order valence-corrected chi connectivity index (χ4v) is 2.26. The van der Waals surface area contributed by atoms with Gasteiger partial charge in [-0.15, -0.1) is 5.26 Å². The lowest BCUT2D eigenvalue weighted by Crippen LogP contribution is -2.06. The minimum absolute atomic E-state index is 0.183. The Hall–Kier alpha value is -3.66. The summed E-state index contributed by atoms with van der Waals surface area (Å²) in [5.41, 5.74) is 14.3. The summed E-state index contributed by atoms with van der Waals surface area (Å²) < 4.78 is 15.1. The van der Waals surface area contributed by atoms with E-state index in [2.05, 4.69) is 0 Å². The number of ether oxygens (including phenoxy) is 3. The Bertz CT molecular complexity index is 856. The molecule has 134 valence electrons. The van der Waals surface area contributed by atoms with Gasteiger partial charge in [0, 0.05) is 35.5 Å². The van der Waals surface area contributed by atoms with Gasteiger partial charge in [0.15, 0.2) is 0 Å². The van der Waals surface area contributed by atoms with E-state index in [0.29, 0.717) is 34.9 Å². The molecule has 0 spiro atoms. The fraction of sp³-hybridized carbons (Fsp3) is 0.158. The molecule has 0 saturated carbocycles. The van der Waals surface area contributed by atoms with Gasteiger partial charge in [-0.1, -0.05) is 0 Å². The highest BCUT2D eigenvalue weighted by Crippen LogP contribution is 2.25. The Morgan fingerprint density at radius 2 is 2.04 bits per heavy atom. The number of hydrogen-bond donors (Lipinski definition) is 2. The SMILES string of the molecule is COc1cc(OC#N)ccc1/C=C/C(=O)OCCc1cc(N)ccc1N. The number of carbonyl (C=O) groups excluding carboxylic acids is 1. The highest BCUT2D eigenvalue weighted by molar-refractivity contribution is 5.87. The van der Waals surface area contributed by atoms with E-state index in [4.69, 9.17) is 30.9 Å². The molecular weight excluding hydrogens is 334 g/mol. The Balaban J connectivity index is 1.93. The highest BCUT2D eigenvalue weighted by atomic mass is 16.5. The lowest BCUT2D eigenvalue weighted by atomic mass is 10.1. The van der Waals surface area contributed by atoms with Gasteiger partial charge in [-0.2, -0.15) is 0 Å². The molecule has 2 aromatic rings. The van der Waals surface area contributed by atoms with Gasteiger partial charge in [-0.3, -0.25) is 0 Å². The highest BCUT2D eigenvalue weighted by Gasteiger charge is 2.05. The molecule has 0 radical (unpaired) electrons. The zero-order valence-electron chi connectivity index (χ0n) is 14.3. The average molecular weight is 353 g/mol. The fourth-order valence-electron chi connectivity index (χ4n) is 2.26. The molecule has 0 saturated heterocycles. The van der Waals surface area contributed by atoms with Crippen LogP contribution in [0, 0.1) is 11.5 Å². The number of nitriles is 1. The summed E-state index contributed by atoms with van der Waals surface area (Å²) >= 11 is 0. The van der Waals surface area contributed by atoms with Crippen molar-refractivity contribution in [1.29, 1.82) is 5.26 Å².